The van der Waals surface area contributed by atoms with E-state index in [0.717, 1.165) is 0 Å². The van der Waals surface area contributed by atoms with Gasteiger partial charge in [-0.2, -0.15) is 0 Å². The van der Waals surface area contributed by atoms with E-state index in [4.69, 9.17) is 5.73 Å². The fourth-order valence-corrected chi connectivity index (χ4v) is 3.96. The summed E-state index contributed by atoms with van der Waals surface area (Å²) in [6.07, 6.45) is 0. The third-order valence-corrected chi connectivity index (χ3v) is 5.01. The molecule has 0 fully saturated rings. The van der Waals surface area contributed by atoms with Crippen LogP contribution in [0.5, 0.6) is 0 Å². The van der Waals surface area contributed by atoms with E-state index in [1.165, 1.54) is 28.0 Å². The largest absolute Gasteiger partial charge is 0.374 e. The first-order chi connectivity index (χ1) is 10.5. The number of benzene rings is 1. The number of nitrogens with two attached hydrogens (primary N) is 1. The Morgan fingerprint density at radius 1 is 1.45 bits per heavy atom. The quantitative estimate of drug-likeness (QED) is 0.826. The number of rotatable bonds is 3. The van der Waals surface area contributed by atoms with E-state index in [1.54, 1.807) is 13.0 Å². The van der Waals surface area contributed by atoms with Crippen molar-refractivity contribution in [2.24, 2.45) is 0 Å². The van der Waals surface area contributed by atoms with E-state index in [1.807, 2.05) is 18.2 Å². The average Bonchev–Trinajstić information content (AvgIpc) is 2.90. The number of hydrogen-bond acceptors (Lipinski definition) is 7. The summed E-state index contributed by atoms with van der Waals surface area (Å²) >= 11 is 2.52. The molecular formula is C13H13N5O2S2. The van der Waals surface area contributed by atoms with Crippen molar-refractivity contribution >= 4 is 51.4 Å². The first-order valence-electron chi connectivity index (χ1n) is 6.50. The second-order valence-corrected chi connectivity index (χ2v) is 7.25. The minimum atomic E-state index is -0.397. The highest BCUT2D eigenvalue weighted by Crippen LogP contribution is 2.33. The lowest BCUT2D eigenvalue weighted by Crippen LogP contribution is -2.45. The van der Waals surface area contributed by atoms with Crippen LogP contribution in [0.4, 0.5) is 16.5 Å². The summed E-state index contributed by atoms with van der Waals surface area (Å²) in [4.78, 5) is 25.9. The minimum Gasteiger partial charge on any atom is -0.374 e. The zero-order chi connectivity index (χ0) is 15.7. The lowest BCUT2D eigenvalue weighted by molar-refractivity contribution is -0.121. The van der Waals surface area contributed by atoms with Gasteiger partial charge < -0.3 is 11.1 Å². The number of aromatic nitrogens is 2. The van der Waals surface area contributed by atoms with Gasteiger partial charge in [-0.05, 0) is 19.1 Å². The maximum Gasteiger partial charge on any atom is 0.244 e. The Balaban J connectivity index is 1.81. The van der Waals surface area contributed by atoms with Crippen molar-refractivity contribution < 1.29 is 9.59 Å². The zero-order valence-electron chi connectivity index (χ0n) is 11.6. The number of anilines is 3. The van der Waals surface area contributed by atoms with E-state index < -0.39 is 5.25 Å². The fraction of sp³-hybridized carbons (Fsp3) is 0.231. The number of carbonyl (C=O) groups excluding carboxylic acids is 2. The molecule has 1 aromatic heterocycles. The number of nitrogens with zero attached hydrogens (tertiary/aromatic N) is 3. The van der Waals surface area contributed by atoms with Gasteiger partial charge in [0.1, 0.15) is 6.54 Å². The number of hydrogen-bond donors (Lipinski definition) is 2. The van der Waals surface area contributed by atoms with Crippen molar-refractivity contribution in [1.82, 2.24) is 10.2 Å². The molecule has 1 aromatic carbocycles. The average molecular weight is 335 g/mol. The molecule has 114 valence electrons. The Bertz CT molecular complexity index is 733. The van der Waals surface area contributed by atoms with Crippen LogP contribution >= 0.6 is 23.1 Å². The van der Waals surface area contributed by atoms with Crippen LogP contribution in [0.3, 0.4) is 0 Å². The first kappa shape index (κ1) is 14.8. The lowest BCUT2D eigenvalue weighted by Gasteiger charge is -2.30. The van der Waals surface area contributed by atoms with Crippen LogP contribution in [-0.4, -0.2) is 33.8 Å². The molecule has 0 bridgehead atoms. The van der Waals surface area contributed by atoms with Gasteiger partial charge in [-0.15, -0.1) is 10.2 Å². The summed E-state index contributed by atoms with van der Waals surface area (Å²) in [5, 5.41) is 10.4. The normalized spacial score (nSPS) is 15.1. The van der Waals surface area contributed by atoms with E-state index in [-0.39, 0.29) is 18.4 Å². The van der Waals surface area contributed by atoms with Gasteiger partial charge >= 0.3 is 0 Å². The minimum absolute atomic E-state index is 0.0129. The van der Waals surface area contributed by atoms with Gasteiger partial charge in [-0.3, -0.25) is 14.5 Å². The molecule has 0 radical (unpaired) electrons. The predicted octanol–water partition coefficient (Wildman–Crippen LogP) is 1.59. The predicted molar refractivity (Wildman–Crippen MR) is 87.1 cm³/mol. The monoisotopic (exact) mass is 335 g/mol. The van der Waals surface area contributed by atoms with Gasteiger partial charge in [0.2, 0.25) is 16.9 Å². The third-order valence-electron chi connectivity index (χ3n) is 3.08. The number of nitrogens with one attached hydrogen (secondary N) is 1. The summed E-state index contributed by atoms with van der Waals surface area (Å²) in [7, 11) is 0. The topological polar surface area (TPSA) is 101 Å². The number of fused-ring (bicyclic) bond motifs is 1. The molecule has 0 spiro atoms. The highest BCUT2D eigenvalue weighted by atomic mass is 32.2. The van der Waals surface area contributed by atoms with Gasteiger partial charge in [0, 0.05) is 0 Å². The smallest absolute Gasteiger partial charge is 0.244 e. The summed E-state index contributed by atoms with van der Waals surface area (Å²) < 4.78 is 0.632. The van der Waals surface area contributed by atoms with Crippen LogP contribution in [-0.2, 0) is 9.59 Å². The fourth-order valence-electron chi connectivity index (χ4n) is 2.12. The molecule has 1 aliphatic heterocycles. The van der Waals surface area contributed by atoms with Crippen molar-refractivity contribution in [3.05, 3.63) is 24.3 Å². The van der Waals surface area contributed by atoms with Crippen LogP contribution < -0.4 is 16.0 Å². The molecule has 1 atom stereocenters. The summed E-state index contributed by atoms with van der Waals surface area (Å²) in [6.45, 7) is 1.79. The van der Waals surface area contributed by atoms with E-state index in [0.29, 0.717) is 20.8 Å². The lowest BCUT2D eigenvalue weighted by atomic mass is 10.2. The Hall–Kier alpha value is -2.13. The van der Waals surface area contributed by atoms with Gasteiger partial charge in [-0.25, -0.2) is 0 Å². The van der Waals surface area contributed by atoms with Crippen LogP contribution in [0, 0.1) is 0 Å². The molecule has 3 rings (SSSR count). The molecule has 22 heavy (non-hydrogen) atoms. The number of carbonyl (C=O) groups is 2. The number of amides is 2. The summed E-state index contributed by atoms with van der Waals surface area (Å²) in [5.41, 5.74) is 6.89. The molecule has 0 saturated carbocycles. The summed E-state index contributed by atoms with van der Waals surface area (Å²) in [6, 6.07) is 7.23. The molecule has 2 heterocycles. The van der Waals surface area contributed by atoms with Crippen LogP contribution in [0.15, 0.2) is 28.6 Å². The molecule has 7 nitrogen and oxygen atoms in total. The van der Waals surface area contributed by atoms with Gasteiger partial charge in [0.05, 0.1) is 16.6 Å². The van der Waals surface area contributed by atoms with Crippen LogP contribution in [0.25, 0.3) is 0 Å². The molecule has 2 aromatic rings. The molecule has 0 aliphatic carbocycles. The van der Waals surface area contributed by atoms with Crippen molar-refractivity contribution in [2.45, 2.75) is 16.5 Å². The Morgan fingerprint density at radius 2 is 2.23 bits per heavy atom. The highest BCUT2D eigenvalue weighted by molar-refractivity contribution is 8.02. The van der Waals surface area contributed by atoms with Gasteiger partial charge in [0.25, 0.3) is 0 Å². The van der Waals surface area contributed by atoms with Crippen LogP contribution in [0.1, 0.15) is 6.92 Å². The van der Waals surface area contributed by atoms with Crippen molar-refractivity contribution in [1.29, 1.82) is 0 Å². The standard InChI is InChI=1S/C13H13N5O2S2/c1-7(21-13-17-16-12(14)22-13)11(20)18-6-10(19)15-8-4-2-3-5-9(8)18/h2-5,7H,6H2,1H3,(H2,14,16)(H,15,19)/t7-/m0/s1. The second kappa shape index (κ2) is 5.93. The molecule has 1 aliphatic rings. The van der Waals surface area contributed by atoms with E-state index >= 15 is 0 Å². The number of nitrogen functional groups attached to an aromatic ring is 1. The van der Waals surface area contributed by atoms with Gasteiger partial charge in [-0.1, -0.05) is 35.2 Å². The van der Waals surface area contributed by atoms with Crippen molar-refractivity contribution in [2.75, 3.05) is 22.5 Å². The number of para-hydroxylation sites is 2. The second-order valence-electron chi connectivity index (χ2n) is 4.66. The maximum atomic E-state index is 12.7. The molecule has 9 heteroatoms. The maximum absolute atomic E-state index is 12.7. The van der Waals surface area contributed by atoms with Gasteiger partial charge in [0.15, 0.2) is 4.34 Å². The Kier molecular flexibility index (Phi) is 3.99. The Morgan fingerprint density at radius 3 is 2.95 bits per heavy atom. The Labute approximate surface area is 134 Å². The van der Waals surface area contributed by atoms with E-state index in [9.17, 15) is 9.59 Å². The third kappa shape index (κ3) is 2.90. The van der Waals surface area contributed by atoms with E-state index in [2.05, 4.69) is 15.5 Å². The molecular weight excluding hydrogens is 322 g/mol. The molecule has 3 N–H and O–H groups in total. The molecule has 2 amide bonds. The van der Waals surface area contributed by atoms with Crippen molar-refractivity contribution in [3.63, 3.8) is 0 Å². The van der Waals surface area contributed by atoms with Crippen LogP contribution in [0.2, 0.25) is 0 Å². The SMILES string of the molecule is C[C@H](Sc1nnc(N)s1)C(=O)N1CC(=O)Nc2ccccc21. The summed E-state index contributed by atoms with van der Waals surface area (Å²) in [5.74, 6) is -0.356. The molecule has 0 unspecified atom stereocenters. The highest BCUT2D eigenvalue weighted by Gasteiger charge is 2.30. The molecule has 0 saturated heterocycles. The zero-order valence-corrected chi connectivity index (χ0v) is 13.3. The number of thioether (sulfide) groups is 1. The first-order valence-corrected chi connectivity index (χ1v) is 8.20. The van der Waals surface area contributed by atoms with Crippen molar-refractivity contribution in [3.8, 4) is 0 Å².